The molecule has 0 N–H and O–H groups in total. The highest BCUT2D eigenvalue weighted by Crippen LogP contribution is 2.33. The maximum absolute atomic E-state index is 13.3. The number of rotatable bonds is 5. The second-order valence-electron chi connectivity index (χ2n) is 8.71. The number of hydrogen-bond acceptors (Lipinski definition) is 5. The minimum absolute atomic E-state index is 0.0896. The summed E-state index contributed by atoms with van der Waals surface area (Å²) in [4.78, 5) is 22.8. The number of nitrogens with zero attached hydrogens (tertiary/aromatic N) is 4. The number of hydrogen-bond donors (Lipinski definition) is 0. The zero-order valence-electron chi connectivity index (χ0n) is 18.8. The Labute approximate surface area is 189 Å². The number of benzene rings is 2. The Morgan fingerprint density at radius 2 is 1.66 bits per heavy atom. The lowest BCUT2D eigenvalue weighted by atomic mass is 10.1. The Bertz CT molecular complexity index is 1130. The van der Waals surface area contributed by atoms with Gasteiger partial charge in [0.2, 0.25) is 5.95 Å². The van der Waals surface area contributed by atoms with Gasteiger partial charge in [0, 0.05) is 23.0 Å². The third-order valence-corrected chi connectivity index (χ3v) is 6.66. The van der Waals surface area contributed by atoms with E-state index in [2.05, 4.69) is 21.9 Å². The average Bonchev–Trinajstić information content (AvgIpc) is 3.35. The molecule has 2 heterocycles. The summed E-state index contributed by atoms with van der Waals surface area (Å²) in [5, 5.41) is 0. The molecule has 0 bridgehead atoms. The summed E-state index contributed by atoms with van der Waals surface area (Å²) in [5.41, 5.74) is 2.74. The van der Waals surface area contributed by atoms with E-state index in [0.29, 0.717) is 19.1 Å². The van der Waals surface area contributed by atoms with E-state index < -0.39 is 0 Å². The van der Waals surface area contributed by atoms with Crippen LogP contribution in [0.25, 0.3) is 0 Å². The van der Waals surface area contributed by atoms with Crippen molar-refractivity contribution in [3.8, 4) is 11.5 Å². The van der Waals surface area contributed by atoms with E-state index >= 15 is 0 Å². The van der Waals surface area contributed by atoms with Crippen molar-refractivity contribution in [1.82, 2.24) is 14.5 Å². The Kier molecular flexibility index (Phi) is 5.70. The number of aromatic nitrogens is 2. The molecule has 0 saturated heterocycles. The fourth-order valence-corrected chi connectivity index (χ4v) is 4.91. The van der Waals surface area contributed by atoms with Gasteiger partial charge in [0.15, 0.2) is 0 Å². The van der Waals surface area contributed by atoms with E-state index in [0.717, 1.165) is 41.1 Å². The standard InChI is InChI=1S/C26H30N4O2/c1-3-24-19(2)27-26-29(17-28(18-30(26)25(24)31)20-9-7-8-10-20)21-13-15-23(16-14-21)32-22-11-5-4-6-12-22/h4-6,11-16,20H,3,7-10,17-18H2,1-2H3. The van der Waals surface area contributed by atoms with Crippen LogP contribution < -0.4 is 15.2 Å². The fraction of sp³-hybridized carbons (Fsp3) is 0.385. The van der Waals surface area contributed by atoms with Crippen LogP contribution in [-0.4, -0.2) is 27.2 Å². The molecule has 1 aromatic heterocycles. The Balaban J connectivity index is 1.50. The van der Waals surface area contributed by atoms with Crippen molar-refractivity contribution >= 4 is 11.6 Å². The summed E-state index contributed by atoms with van der Waals surface area (Å²) in [5.74, 6) is 2.33. The molecular formula is C26H30N4O2. The summed E-state index contributed by atoms with van der Waals surface area (Å²) in [6.07, 6.45) is 5.62. The van der Waals surface area contributed by atoms with Crippen LogP contribution in [0.5, 0.6) is 11.5 Å². The van der Waals surface area contributed by atoms with Crippen molar-refractivity contribution in [2.45, 2.75) is 58.7 Å². The first kappa shape index (κ1) is 20.8. The van der Waals surface area contributed by atoms with E-state index in [9.17, 15) is 4.79 Å². The molecular weight excluding hydrogens is 400 g/mol. The van der Waals surface area contributed by atoms with Crippen LogP contribution in [0, 0.1) is 6.92 Å². The molecule has 0 amide bonds. The van der Waals surface area contributed by atoms with Gasteiger partial charge in [-0.15, -0.1) is 0 Å². The van der Waals surface area contributed by atoms with Gasteiger partial charge in [-0.25, -0.2) is 4.98 Å². The Hall–Kier alpha value is -3.12. The molecule has 0 atom stereocenters. The minimum Gasteiger partial charge on any atom is -0.457 e. The topological polar surface area (TPSA) is 50.6 Å². The smallest absolute Gasteiger partial charge is 0.259 e. The summed E-state index contributed by atoms with van der Waals surface area (Å²) < 4.78 is 7.82. The normalized spacial score (nSPS) is 16.9. The molecule has 6 nitrogen and oxygen atoms in total. The molecule has 166 valence electrons. The van der Waals surface area contributed by atoms with Gasteiger partial charge < -0.3 is 4.74 Å². The van der Waals surface area contributed by atoms with Gasteiger partial charge in [-0.05, 0) is 62.6 Å². The van der Waals surface area contributed by atoms with Gasteiger partial charge in [-0.2, -0.15) is 0 Å². The van der Waals surface area contributed by atoms with E-state index in [1.165, 1.54) is 25.7 Å². The monoisotopic (exact) mass is 430 g/mol. The number of aryl methyl sites for hydroxylation is 1. The van der Waals surface area contributed by atoms with E-state index in [1.54, 1.807) is 0 Å². The van der Waals surface area contributed by atoms with E-state index in [4.69, 9.17) is 9.72 Å². The number of ether oxygens (including phenoxy) is 1. The van der Waals surface area contributed by atoms with Crippen LogP contribution in [0.2, 0.25) is 0 Å². The third kappa shape index (κ3) is 3.91. The van der Waals surface area contributed by atoms with Crippen LogP contribution in [0.4, 0.5) is 11.6 Å². The highest BCUT2D eigenvalue weighted by Gasteiger charge is 2.32. The maximum atomic E-state index is 13.3. The molecule has 6 heteroatoms. The quantitative estimate of drug-likeness (QED) is 0.556. The average molecular weight is 431 g/mol. The highest BCUT2D eigenvalue weighted by molar-refractivity contribution is 5.59. The largest absolute Gasteiger partial charge is 0.457 e. The molecule has 0 radical (unpaired) electrons. The number of anilines is 2. The predicted octanol–water partition coefficient (Wildman–Crippen LogP) is 5.22. The Morgan fingerprint density at radius 3 is 2.34 bits per heavy atom. The zero-order chi connectivity index (χ0) is 22.1. The third-order valence-electron chi connectivity index (χ3n) is 6.66. The molecule has 1 saturated carbocycles. The highest BCUT2D eigenvalue weighted by atomic mass is 16.5. The first-order chi connectivity index (χ1) is 15.6. The second-order valence-corrected chi connectivity index (χ2v) is 8.71. The van der Waals surface area contributed by atoms with Crippen molar-refractivity contribution in [3.63, 3.8) is 0 Å². The second kappa shape index (κ2) is 8.79. The van der Waals surface area contributed by atoms with Gasteiger partial charge in [0.1, 0.15) is 11.5 Å². The minimum atomic E-state index is 0.0896. The van der Waals surface area contributed by atoms with Crippen molar-refractivity contribution in [1.29, 1.82) is 0 Å². The fourth-order valence-electron chi connectivity index (χ4n) is 4.91. The summed E-state index contributed by atoms with van der Waals surface area (Å²) >= 11 is 0. The van der Waals surface area contributed by atoms with Crippen LogP contribution in [0.15, 0.2) is 59.4 Å². The molecule has 2 aliphatic rings. The lowest BCUT2D eigenvalue weighted by Crippen LogP contribution is -2.51. The van der Waals surface area contributed by atoms with Gasteiger partial charge in [-0.3, -0.25) is 19.2 Å². The molecule has 2 aromatic carbocycles. The van der Waals surface area contributed by atoms with Gasteiger partial charge >= 0.3 is 0 Å². The Morgan fingerprint density at radius 1 is 0.969 bits per heavy atom. The van der Waals surface area contributed by atoms with Gasteiger partial charge in [0.25, 0.3) is 5.56 Å². The predicted molar refractivity (Wildman–Crippen MR) is 127 cm³/mol. The molecule has 0 unspecified atom stereocenters. The van der Waals surface area contributed by atoms with Crippen molar-refractivity contribution in [2.75, 3.05) is 11.6 Å². The number of para-hydroxylation sites is 1. The van der Waals surface area contributed by atoms with Crippen LogP contribution in [-0.2, 0) is 13.1 Å². The SMILES string of the molecule is CCc1c(C)nc2n(c1=O)CN(C1CCCC1)CN2c1ccc(Oc2ccccc2)cc1. The summed E-state index contributed by atoms with van der Waals surface area (Å²) in [6, 6.07) is 18.4. The molecule has 3 aromatic rings. The molecule has 0 spiro atoms. The van der Waals surface area contributed by atoms with E-state index in [-0.39, 0.29) is 5.56 Å². The molecule has 1 aliphatic heterocycles. The van der Waals surface area contributed by atoms with Crippen LogP contribution in [0.3, 0.4) is 0 Å². The lowest BCUT2D eigenvalue weighted by Gasteiger charge is -2.41. The van der Waals surface area contributed by atoms with Crippen molar-refractivity contribution in [3.05, 3.63) is 76.2 Å². The zero-order valence-corrected chi connectivity index (χ0v) is 18.8. The molecule has 1 aliphatic carbocycles. The van der Waals surface area contributed by atoms with Crippen LogP contribution >= 0.6 is 0 Å². The molecule has 32 heavy (non-hydrogen) atoms. The van der Waals surface area contributed by atoms with Crippen molar-refractivity contribution < 1.29 is 4.74 Å². The van der Waals surface area contributed by atoms with Gasteiger partial charge in [-0.1, -0.05) is 38.0 Å². The summed E-state index contributed by atoms with van der Waals surface area (Å²) in [6.45, 7) is 5.32. The number of fused-ring (bicyclic) bond motifs is 1. The molecule has 1 fully saturated rings. The van der Waals surface area contributed by atoms with Crippen LogP contribution in [0.1, 0.15) is 43.9 Å². The maximum Gasteiger partial charge on any atom is 0.259 e. The van der Waals surface area contributed by atoms with Gasteiger partial charge in [0.05, 0.1) is 13.3 Å². The molecule has 5 rings (SSSR count). The van der Waals surface area contributed by atoms with E-state index in [1.807, 2.05) is 60.9 Å². The first-order valence-electron chi connectivity index (χ1n) is 11.6. The first-order valence-corrected chi connectivity index (χ1v) is 11.6. The summed E-state index contributed by atoms with van der Waals surface area (Å²) in [7, 11) is 0. The van der Waals surface area contributed by atoms with Crippen molar-refractivity contribution in [2.24, 2.45) is 0 Å². The lowest BCUT2D eigenvalue weighted by molar-refractivity contribution is 0.138.